The first-order valence-corrected chi connectivity index (χ1v) is 6.44. The van der Waals surface area contributed by atoms with Crippen molar-refractivity contribution in [1.82, 2.24) is 4.90 Å². The van der Waals surface area contributed by atoms with Crippen molar-refractivity contribution < 1.29 is 4.79 Å². The second-order valence-electron chi connectivity index (χ2n) is 4.67. The molecule has 1 aliphatic heterocycles. The van der Waals surface area contributed by atoms with E-state index in [9.17, 15) is 4.79 Å². The van der Waals surface area contributed by atoms with Crippen LogP contribution < -0.4 is 5.73 Å². The van der Waals surface area contributed by atoms with Gasteiger partial charge in [0.05, 0.1) is 10.7 Å². The molecule has 3 nitrogen and oxygen atoms in total. The van der Waals surface area contributed by atoms with Crippen LogP contribution in [0.4, 0.5) is 5.69 Å². The van der Waals surface area contributed by atoms with Gasteiger partial charge in [0.2, 0.25) is 0 Å². The summed E-state index contributed by atoms with van der Waals surface area (Å²) in [5.74, 6) is -0.0156. The molecule has 1 amide bonds. The number of benzene rings is 2. The number of rotatable bonds is 1. The van der Waals surface area contributed by atoms with Gasteiger partial charge in [-0.2, -0.15) is 0 Å². The Morgan fingerprint density at radius 2 is 1.74 bits per heavy atom. The van der Waals surface area contributed by atoms with Crippen LogP contribution in [-0.2, 0) is 13.1 Å². The summed E-state index contributed by atoms with van der Waals surface area (Å²) in [6, 6.07) is 13.1. The van der Waals surface area contributed by atoms with Crippen molar-refractivity contribution in [2.24, 2.45) is 0 Å². The van der Waals surface area contributed by atoms with Crippen LogP contribution in [0.25, 0.3) is 0 Å². The number of nitrogens with zero attached hydrogens (tertiary/aromatic N) is 1. The van der Waals surface area contributed by atoms with Gasteiger partial charge in [0.1, 0.15) is 0 Å². The van der Waals surface area contributed by atoms with Crippen LogP contribution in [0.5, 0.6) is 0 Å². The molecule has 0 atom stereocenters. The highest BCUT2D eigenvalue weighted by molar-refractivity contribution is 6.33. The van der Waals surface area contributed by atoms with Gasteiger partial charge < -0.3 is 10.6 Å². The van der Waals surface area contributed by atoms with Gasteiger partial charge in [0.25, 0.3) is 5.91 Å². The first kappa shape index (κ1) is 12.1. The molecule has 3 rings (SSSR count). The topological polar surface area (TPSA) is 46.3 Å². The summed E-state index contributed by atoms with van der Waals surface area (Å²) in [4.78, 5) is 14.2. The lowest BCUT2D eigenvalue weighted by Crippen LogP contribution is -2.25. The molecule has 2 N–H and O–H groups in total. The van der Waals surface area contributed by atoms with Gasteiger partial charge in [-0.15, -0.1) is 0 Å². The van der Waals surface area contributed by atoms with E-state index in [1.54, 1.807) is 18.2 Å². The molecule has 4 heteroatoms. The molecule has 0 bridgehead atoms. The molecule has 0 aromatic heterocycles. The quantitative estimate of drug-likeness (QED) is 0.811. The van der Waals surface area contributed by atoms with Gasteiger partial charge in [-0.05, 0) is 29.3 Å². The first-order chi connectivity index (χ1) is 9.15. The number of hydrogen-bond donors (Lipinski definition) is 1. The predicted molar refractivity (Wildman–Crippen MR) is 75.9 cm³/mol. The number of nitrogen functional groups attached to an aromatic ring is 1. The van der Waals surface area contributed by atoms with E-state index in [2.05, 4.69) is 12.1 Å². The fraction of sp³-hybridized carbons (Fsp3) is 0.133. The van der Waals surface area contributed by atoms with Crippen molar-refractivity contribution >= 4 is 23.2 Å². The molecule has 0 spiro atoms. The number of fused-ring (bicyclic) bond motifs is 1. The largest absolute Gasteiger partial charge is 0.398 e. The summed E-state index contributed by atoms with van der Waals surface area (Å²) in [6.07, 6.45) is 0. The van der Waals surface area contributed by atoms with Gasteiger partial charge in [-0.25, -0.2) is 0 Å². The van der Waals surface area contributed by atoms with Crippen LogP contribution >= 0.6 is 11.6 Å². The van der Waals surface area contributed by atoms with Crippen LogP contribution in [-0.4, -0.2) is 10.8 Å². The van der Waals surface area contributed by atoms with Crippen LogP contribution in [0.2, 0.25) is 5.02 Å². The zero-order chi connectivity index (χ0) is 13.4. The monoisotopic (exact) mass is 272 g/mol. The Morgan fingerprint density at radius 3 is 2.32 bits per heavy atom. The van der Waals surface area contributed by atoms with E-state index in [1.807, 2.05) is 17.0 Å². The van der Waals surface area contributed by atoms with Gasteiger partial charge in [0.15, 0.2) is 0 Å². The fourth-order valence-corrected chi connectivity index (χ4v) is 2.50. The number of nitrogens with two attached hydrogens (primary N) is 1. The second kappa shape index (κ2) is 4.59. The summed E-state index contributed by atoms with van der Waals surface area (Å²) in [7, 11) is 0. The highest BCUT2D eigenvalue weighted by Gasteiger charge is 2.23. The molecular weight excluding hydrogens is 260 g/mol. The SMILES string of the molecule is Nc1ccc(C(=O)N2Cc3ccccc3C2)cc1Cl. The Morgan fingerprint density at radius 1 is 1.11 bits per heavy atom. The van der Waals surface area contributed by atoms with Gasteiger partial charge in [-0.1, -0.05) is 35.9 Å². The summed E-state index contributed by atoms with van der Waals surface area (Å²) in [5.41, 5.74) is 9.13. The van der Waals surface area contributed by atoms with Crippen LogP contribution in [0.3, 0.4) is 0 Å². The van der Waals surface area contributed by atoms with Gasteiger partial charge in [0, 0.05) is 18.7 Å². The Balaban J connectivity index is 1.85. The minimum Gasteiger partial charge on any atom is -0.398 e. The molecule has 0 fully saturated rings. The maximum atomic E-state index is 12.4. The van der Waals surface area contributed by atoms with Gasteiger partial charge in [-0.3, -0.25) is 4.79 Å². The molecule has 0 saturated carbocycles. The lowest BCUT2D eigenvalue weighted by Gasteiger charge is -2.15. The van der Waals surface area contributed by atoms with Crippen LogP contribution in [0, 0.1) is 0 Å². The van der Waals surface area contributed by atoms with Crippen molar-refractivity contribution in [3.63, 3.8) is 0 Å². The zero-order valence-corrected chi connectivity index (χ0v) is 11.0. The van der Waals surface area contributed by atoms with Crippen molar-refractivity contribution in [3.05, 3.63) is 64.2 Å². The predicted octanol–water partition coefficient (Wildman–Crippen LogP) is 3.08. The lowest BCUT2D eigenvalue weighted by molar-refractivity contribution is 0.0751. The van der Waals surface area contributed by atoms with Crippen molar-refractivity contribution in [2.75, 3.05) is 5.73 Å². The maximum absolute atomic E-state index is 12.4. The van der Waals surface area contributed by atoms with E-state index in [-0.39, 0.29) is 5.91 Å². The summed E-state index contributed by atoms with van der Waals surface area (Å²) in [5, 5.41) is 0.419. The molecule has 96 valence electrons. The minimum absolute atomic E-state index is 0.0156. The van der Waals surface area contributed by atoms with Crippen LogP contribution in [0.1, 0.15) is 21.5 Å². The summed E-state index contributed by atoms with van der Waals surface area (Å²) < 4.78 is 0. The van der Waals surface area contributed by atoms with Crippen molar-refractivity contribution in [2.45, 2.75) is 13.1 Å². The minimum atomic E-state index is -0.0156. The molecule has 0 saturated heterocycles. The molecule has 2 aromatic rings. The van der Waals surface area contributed by atoms with Crippen molar-refractivity contribution in [3.8, 4) is 0 Å². The third kappa shape index (κ3) is 2.17. The maximum Gasteiger partial charge on any atom is 0.254 e. The molecule has 1 heterocycles. The lowest BCUT2D eigenvalue weighted by atomic mass is 10.1. The smallest absolute Gasteiger partial charge is 0.254 e. The Labute approximate surface area is 116 Å². The Hall–Kier alpha value is -2.00. The van der Waals surface area contributed by atoms with Crippen molar-refractivity contribution in [1.29, 1.82) is 0 Å². The summed E-state index contributed by atoms with van der Waals surface area (Å²) in [6.45, 7) is 1.30. The Kier molecular flexibility index (Phi) is 2.91. The number of carbonyl (C=O) groups excluding carboxylic acids is 1. The van der Waals surface area contributed by atoms with Crippen LogP contribution in [0.15, 0.2) is 42.5 Å². The average Bonchev–Trinajstić information content (AvgIpc) is 2.85. The molecule has 0 aliphatic carbocycles. The fourth-order valence-electron chi connectivity index (χ4n) is 2.32. The third-order valence-corrected chi connectivity index (χ3v) is 3.70. The molecule has 2 aromatic carbocycles. The average molecular weight is 273 g/mol. The normalized spacial score (nSPS) is 13.4. The number of carbonyl (C=O) groups is 1. The zero-order valence-electron chi connectivity index (χ0n) is 10.3. The van der Waals surface area contributed by atoms with E-state index >= 15 is 0 Å². The van der Waals surface area contributed by atoms with E-state index in [1.165, 1.54) is 11.1 Å². The van der Waals surface area contributed by atoms with E-state index in [0.717, 1.165) is 0 Å². The molecular formula is C15H13ClN2O. The highest BCUT2D eigenvalue weighted by atomic mass is 35.5. The number of halogens is 1. The second-order valence-corrected chi connectivity index (χ2v) is 5.07. The molecule has 1 aliphatic rings. The highest BCUT2D eigenvalue weighted by Crippen LogP contribution is 2.26. The molecule has 19 heavy (non-hydrogen) atoms. The van der Waals surface area contributed by atoms with E-state index in [4.69, 9.17) is 17.3 Å². The third-order valence-electron chi connectivity index (χ3n) is 3.38. The standard InChI is InChI=1S/C15H13ClN2O/c16-13-7-10(5-6-14(13)17)15(19)18-8-11-3-1-2-4-12(11)9-18/h1-7H,8-9,17H2. The van der Waals surface area contributed by atoms with E-state index < -0.39 is 0 Å². The molecule has 0 unspecified atom stereocenters. The van der Waals surface area contributed by atoms with E-state index in [0.29, 0.717) is 29.4 Å². The molecule has 0 radical (unpaired) electrons. The number of anilines is 1. The first-order valence-electron chi connectivity index (χ1n) is 6.06. The Bertz CT molecular complexity index is 629. The van der Waals surface area contributed by atoms with Gasteiger partial charge >= 0.3 is 0 Å². The summed E-state index contributed by atoms with van der Waals surface area (Å²) >= 11 is 5.96. The number of amides is 1. The number of hydrogen-bond acceptors (Lipinski definition) is 2.